The fourth-order valence-electron chi connectivity index (χ4n) is 2.57. The Bertz CT molecular complexity index is 504. The van der Waals surface area contributed by atoms with Crippen molar-refractivity contribution < 1.29 is 9.13 Å². The lowest BCUT2D eigenvalue weighted by atomic mass is 10.0. The van der Waals surface area contributed by atoms with Crippen LogP contribution in [0.5, 0.6) is 0 Å². The molecule has 0 aliphatic carbocycles. The van der Waals surface area contributed by atoms with Gasteiger partial charge in [-0.05, 0) is 23.6 Å². The first-order valence-corrected chi connectivity index (χ1v) is 8.17. The van der Waals surface area contributed by atoms with Crippen LogP contribution in [0.3, 0.4) is 0 Å². The molecule has 0 bridgehead atoms. The number of aliphatic imine (C=N–C) groups is 1. The summed E-state index contributed by atoms with van der Waals surface area (Å²) in [6.07, 6.45) is 0. The third-order valence-corrected chi connectivity index (χ3v) is 3.84. The molecule has 136 valence electrons. The number of benzene rings is 1. The van der Waals surface area contributed by atoms with E-state index in [0.29, 0.717) is 38.2 Å². The van der Waals surface area contributed by atoms with Crippen LogP contribution in [0, 0.1) is 11.7 Å². The van der Waals surface area contributed by atoms with Crippen molar-refractivity contribution in [3.05, 3.63) is 35.6 Å². The Morgan fingerprint density at radius 1 is 1.29 bits per heavy atom. The average molecular weight is 450 g/mol. The van der Waals surface area contributed by atoms with Crippen LogP contribution in [-0.4, -0.2) is 50.3 Å². The Morgan fingerprint density at radius 3 is 2.50 bits per heavy atom. The van der Waals surface area contributed by atoms with E-state index in [1.54, 1.807) is 0 Å². The van der Waals surface area contributed by atoms with E-state index in [0.717, 1.165) is 18.7 Å². The molecule has 0 amide bonds. The number of ether oxygens (including phenoxy) is 1. The van der Waals surface area contributed by atoms with Gasteiger partial charge in [-0.2, -0.15) is 0 Å². The summed E-state index contributed by atoms with van der Waals surface area (Å²) in [5, 5.41) is 3.20. The minimum absolute atomic E-state index is 0. The molecule has 1 atom stereocenters. The van der Waals surface area contributed by atoms with Crippen molar-refractivity contribution in [3.63, 3.8) is 0 Å². The number of nitrogens with zero attached hydrogens (tertiary/aromatic N) is 2. The zero-order valence-corrected chi connectivity index (χ0v) is 16.7. The SMILES string of the molecule is CC(C)CN=C(N)NCC(c1ccc(F)cc1)N1CCOCC1.I. The highest BCUT2D eigenvalue weighted by atomic mass is 127. The fraction of sp³-hybridized carbons (Fsp3) is 0.588. The minimum atomic E-state index is -0.222. The molecule has 2 rings (SSSR count). The Kier molecular flexibility index (Phi) is 9.53. The van der Waals surface area contributed by atoms with Gasteiger partial charge in [0.15, 0.2) is 5.96 Å². The van der Waals surface area contributed by atoms with E-state index < -0.39 is 0 Å². The maximum Gasteiger partial charge on any atom is 0.188 e. The van der Waals surface area contributed by atoms with Crippen molar-refractivity contribution in [1.29, 1.82) is 0 Å². The van der Waals surface area contributed by atoms with Gasteiger partial charge in [0.05, 0.1) is 19.3 Å². The highest BCUT2D eigenvalue weighted by Gasteiger charge is 2.22. The molecule has 1 saturated heterocycles. The van der Waals surface area contributed by atoms with Crippen LogP contribution in [0.15, 0.2) is 29.3 Å². The van der Waals surface area contributed by atoms with Gasteiger partial charge >= 0.3 is 0 Å². The van der Waals surface area contributed by atoms with Crippen LogP contribution in [0.2, 0.25) is 0 Å². The molecule has 0 aromatic heterocycles. The van der Waals surface area contributed by atoms with Crippen LogP contribution in [0.25, 0.3) is 0 Å². The third kappa shape index (κ3) is 6.90. The molecular formula is C17H28FIN4O. The molecular weight excluding hydrogens is 422 g/mol. The number of nitrogens with one attached hydrogen (secondary N) is 1. The van der Waals surface area contributed by atoms with Gasteiger partial charge in [-0.1, -0.05) is 26.0 Å². The van der Waals surface area contributed by atoms with Gasteiger partial charge in [0.2, 0.25) is 0 Å². The first-order valence-electron chi connectivity index (χ1n) is 8.17. The Labute approximate surface area is 160 Å². The molecule has 1 aromatic rings. The van der Waals surface area contributed by atoms with Gasteiger partial charge in [-0.15, -0.1) is 24.0 Å². The van der Waals surface area contributed by atoms with Crippen molar-refractivity contribution in [2.24, 2.45) is 16.6 Å². The second-order valence-corrected chi connectivity index (χ2v) is 6.22. The number of nitrogens with two attached hydrogens (primary N) is 1. The number of halogens is 2. The summed E-state index contributed by atoms with van der Waals surface area (Å²) >= 11 is 0. The van der Waals surface area contributed by atoms with Gasteiger partial charge in [-0.25, -0.2) is 4.39 Å². The monoisotopic (exact) mass is 450 g/mol. The lowest BCUT2D eigenvalue weighted by Gasteiger charge is -2.35. The number of hydrogen-bond donors (Lipinski definition) is 2. The molecule has 7 heteroatoms. The summed E-state index contributed by atoms with van der Waals surface area (Å²) in [4.78, 5) is 6.66. The maximum atomic E-state index is 13.2. The van der Waals surface area contributed by atoms with Gasteiger partial charge in [0.25, 0.3) is 0 Å². The molecule has 3 N–H and O–H groups in total. The van der Waals surface area contributed by atoms with Crippen LogP contribution >= 0.6 is 24.0 Å². The molecule has 5 nitrogen and oxygen atoms in total. The van der Waals surface area contributed by atoms with Crippen molar-refractivity contribution >= 4 is 29.9 Å². The highest BCUT2D eigenvalue weighted by molar-refractivity contribution is 14.0. The topological polar surface area (TPSA) is 62.9 Å². The standard InChI is InChI=1S/C17H27FN4O.HI/c1-13(2)11-20-17(19)21-12-16(22-7-9-23-10-8-22)14-3-5-15(18)6-4-14;/h3-6,13,16H,7-12H2,1-2H3,(H3,19,20,21);1H. The lowest BCUT2D eigenvalue weighted by molar-refractivity contribution is 0.0170. The first kappa shape index (κ1) is 21.1. The number of rotatable bonds is 6. The number of hydrogen-bond acceptors (Lipinski definition) is 3. The Morgan fingerprint density at radius 2 is 1.92 bits per heavy atom. The van der Waals surface area contributed by atoms with E-state index in [2.05, 4.69) is 29.1 Å². The van der Waals surface area contributed by atoms with E-state index in [4.69, 9.17) is 10.5 Å². The smallest absolute Gasteiger partial charge is 0.188 e. The molecule has 0 spiro atoms. The molecule has 1 unspecified atom stereocenters. The van der Waals surface area contributed by atoms with E-state index in [1.807, 2.05) is 12.1 Å². The first-order chi connectivity index (χ1) is 11.1. The number of guanidine groups is 1. The van der Waals surface area contributed by atoms with Crippen molar-refractivity contribution in [3.8, 4) is 0 Å². The third-order valence-electron chi connectivity index (χ3n) is 3.84. The zero-order chi connectivity index (χ0) is 16.7. The molecule has 1 aromatic carbocycles. The van der Waals surface area contributed by atoms with Crippen molar-refractivity contribution in [2.75, 3.05) is 39.4 Å². The summed E-state index contributed by atoms with van der Waals surface area (Å²) in [5.41, 5.74) is 7.00. The molecule has 24 heavy (non-hydrogen) atoms. The van der Waals surface area contributed by atoms with Crippen LogP contribution in [-0.2, 0) is 4.74 Å². The summed E-state index contributed by atoms with van der Waals surface area (Å²) < 4.78 is 18.6. The molecule has 1 aliphatic heterocycles. The van der Waals surface area contributed by atoms with Crippen LogP contribution < -0.4 is 11.1 Å². The number of morpholine rings is 1. The largest absolute Gasteiger partial charge is 0.379 e. The summed E-state index contributed by atoms with van der Waals surface area (Å²) in [6, 6.07) is 6.78. The lowest BCUT2D eigenvalue weighted by Crippen LogP contribution is -2.45. The summed E-state index contributed by atoms with van der Waals surface area (Å²) in [6.45, 7) is 8.69. The summed E-state index contributed by atoms with van der Waals surface area (Å²) in [7, 11) is 0. The van der Waals surface area contributed by atoms with Crippen molar-refractivity contribution in [1.82, 2.24) is 10.2 Å². The van der Waals surface area contributed by atoms with E-state index >= 15 is 0 Å². The summed E-state index contributed by atoms with van der Waals surface area (Å²) in [5.74, 6) is 0.710. The molecule has 0 saturated carbocycles. The average Bonchev–Trinajstić information content (AvgIpc) is 2.55. The Hall–Kier alpha value is -0.930. The van der Waals surface area contributed by atoms with E-state index in [-0.39, 0.29) is 35.8 Å². The zero-order valence-electron chi connectivity index (χ0n) is 14.4. The molecule has 1 fully saturated rings. The maximum absolute atomic E-state index is 13.2. The van der Waals surface area contributed by atoms with Crippen molar-refractivity contribution in [2.45, 2.75) is 19.9 Å². The van der Waals surface area contributed by atoms with E-state index in [9.17, 15) is 4.39 Å². The predicted octanol–water partition coefficient (Wildman–Crippen LogP) is 2.38. The second-order valence-electron chi connectivity index (χ2n) is 6.22. The van der Waals surface area contributed by atoms with Crippen LogP contribution in [0.4, 0.5) is 4.39 Å². The predicted molar refractivity (Wildman–Crippen MR) is 106 cm³/mol. The highest BCUT2D eigenvalue weighted by Crippen LogP contribution is 2.21. The van der Waals surface area contributed by atoms with E-state index in [1.165, 1.54) is 12.1 Å². The second kappa shape index (κ2) is 10.8. The quantitative estimate of drug-likeness (QED) is 0.397. The minimum Gasteiger partial charge on any atom is -0.379 e. The van der Waals surface area contributed by atoms with Crippen LogP contribution in [0.1, 0.15) is 25.5 Å². The van der Waals surface area contributed by atoms with Gasteiger partial charge < -0.3 is 15.8 Å². The molecule has 1 aliphatic rings. The normalized spacial score (nSPS) is 17.4. The Balaban J connectivity index is 0.00000288. The fourth-order valence-corrected chi connectivity index (χ4v) is 2.57. The van der Waals surface area contributed by atoms with Gasteiger partial charge in [-0.3, -0.25) is 9.89 Å². The van der Waals surface area contributed by atoms with Gasteiger partial charge in [0, 0.05) is 26.2 Å². The van der Waals surface area contributed by atoms with Gasteiger partial charge in [0.1, 0.15) is 5.82 Å². The molecule has 1 heterocycles. The molecule has 0 radical (unpaired) electrons.